The van der Waals surface area contributed by atoms with Gasteiger partial charge in [0.1, 0.15) is 5.75 Å². The number of methoxy groups -OCH3 is 4. The monoisotopic (exact) mass is 515 g/mol. The Kier molecular flexibility index (Phi) is 11.0. The lowest BCUT2D eigenvalue weighted by molar-refractivity contribution is 0.323. The Morgan fingerprint density at radius 1 is 0.862 bits per heavy atom. The molecular weight excluding hydrogens is 485 g/mol. The van der Waals surface area contributed by atoms with Gasteiger partial charge in [-0.15, -0.1) is 24.0 Å². The third-order valence-corrected chi connectivity index (χ3v) is 4.25. The maximum atomic E-state index is 5.40. The molecule has 0 aliphatic carbocycles. The summed E-state index contributed by atoms with van der Waals surface area (Å²) in [6.45, 7) is 1.32. The number of nitrogens with zero attached hydrogens (tertiary/aromatic N) is 1. The first-order valence-electron chi connectivity index (χ1n) is 9.01. The molecule has 8 heteroatoms. The van der Waals surface area contributed by atoms with Crippen molar-refractivity contribution in [2.75, 3.05) is 42.0 Å². The van der Waals surface area contributed by atoms with E-state index in [2.05, 4.69) is 21.7 Å². The number of halogens is 1. The molecule has 0 amide bonds. The summed E-state index contributed by atoms with van der Waals surface area (Å²) in [6, 6.07) is 11.9. The van der Waals surface area contributed by atoms with E-state index in [1.165, 1.54) is 5.56 Å². The molecule has 0 spiro atoms. The number of hydrogen-bond acceptors (Lipinski definition) is 5. The van der Waals surface area contributed by atoms with E-state index < -0.39 is 0 Å². The number of rotatable bonds is 9. The summed E-state index contributed by atoms with van der Waals surface area (Å²) in [5.41, 5.74) is 2.19. The topological polar surface area (TPSA) is 73.3 Å². The van der Waals surface area contributed by atoms with Crippen LogP contribution in [0, 0.1) is 0 Å². The fourth-order valence-electron chi connectivity index (χ4n) is 2.80. The minimum Gasteiger partial charge on any atom is -0.497 e. The normalized spacial score (nSPS) is 10.6. The van der Waals surface area contributed by atoms with Gasteiger partial charge in [0.15, 0.2) is 17.5 Å². The molecule has 0 radical (unpaired) electrons. The van der Waals surface area contributed by atoms with E-state index in [1.807, 2.05) is 30.3 Å². The Hall–Kier alpha value is -2.36. The molecule has 0 unspecified atom stereocenters. The molecule has 0 atom stereocenters. The molecule has 2 aromatic carbocycles. The second-order valence-corrected chi connectivity index (χ2v) is 5.99. The van der Waals surface area contributed by atoms with E-state index in [4.69, 9.17) is 18.9 Å². The van der Waals surface area contributed by atoms with Crippen LogP contribution in [0.25, 0.3) is 0 Å². The molecule has 0 fully saturated rings. The maximum Gasteiger partial charge on any atom is 0.203 e. The fourth-order valence-corrected chi connectivity index (χ4v) is 2.80. The van der Waals surface area contributed by atoms with Crippen LogP contribution in [-0.4, -0.2) is 48.0 Å². The highest BCUT2D eigenvalue weighted by atomic mass is 127. The molecule has 0 saturated heterocycles. The largest absolute Gasteiger partial charge is 0.497 e. The zero-order valence-electron chi connectivity index (χ0n) is 17.6. The van der Waals surface area contributed by atoms with Crippen molar-refractivity contribution in [3.63, 3.8) is 0 Å². The summed E-state index contributed by atoms with van der Waals surface area (Å²) in [6.07, 6.45) is 0.863. The molecular formula is C21H30IN3O4. The van der Waals surface area contributed by atoms with Gasteiger partial charge in [-0.3, -0.25) is 4.99 Å². The highest BCUT2D eigenvalue weighted by molar-refractivity contribution is 14.0. The average Bonchev–Trinajstić information content (AvgIpc) is 2.75. The number of hydrogen-bond donors (Lipinski definition) is 2. The van der Waals surface area contributed by atoms with Crippen LogP contribution in [0.1, 0.15) is 11.1 Å². The molecule has 29 heavy (non-hydrogen) atoms. The Bertz CT molecular complexity index is 774. The van der Waals surface area contributed by atoms with Crippen molar-refractivity contribution in [2.45, 2.75) is 13.0 Å². The summed E-state index contributed by atoms with van der Waals surface area (Å²) in [5, 5.41) is 6.61. The van der Waals surface area contributed by atoms with Gasteiger partial charge in [-0.25, -0.2) is 0 Å². The quantitative estimate of drug-likeness (QED) is 0.304. The predicted octanol–water partition coefficient (Wildman–Crippen LogP) is 3.25. The van der Waals surface area contributed by atoms with Crippen molar-refractivity contribution in [2.24, 2.45) is 4.99 Å². The molecule has 160 valence electrons. The lowest BCUT2D eigenvalue weighted by Crippen LogP contribution is -2.37. The fraction of sp³-hybridized carbons (Fsp3) is 0.381. The van der Waals surface area contributed by atoms with Crippen LogP contribution >= 0.6 is 24.0 Å². The van der Waals surface area contributed by atoms with Crippen LogP contribution in [-0.2, 0) is 13.0 Å². The van der Waals surface area contributed by atoms with Crippen LogP contribution in [0.4, 0.5) is 0 Å². The zero-order chi connectivity index (χ0) is 20.4. The molecule has 0 aliphatic heterocycles. The van der Waals surface area contributed by atoms with Gasteiger partial charge in [-0.05, 0) is 41.8 Å². The van der Waals surface area contributed by atoms with Crippen molar-refractivity contribution < 1.29 is 18.9 Å². The highest BCUT2D eigenvalue weighted by Gasteiger charge is 2.13. The van der Waals surface area contributed by atoms with Crippen molar-refractivity contribution in [3.8, 4) is 23.0 Å². The molecule has 7 nitrogen and oxygen atoms in total. The Morgan fingerprint density at radius 2 is 1.55 bits per heavy atom. The SMILES string of the molecule is CN=C(NCCc1cccc(OC)c1)NCc1cc(OC)c(OC)c(OC)c1.I. The second-order valence-electron chi connectivity index (χ2n) is 5.99. The molecule has 0 bridgehead atoms. The van der Waals surface area contributed by atoms with Gasteiger partial charge in [0.2, 0.25) is 5.75 Å². The first-order valence-corrected chi connectivity index (χ1v) is 9.01. The number of aliphatic imine (C=N–C) groups is 1. The molecule has 0 aromatic heterocycles. The average molecular weight is 515 g/mol. The van der Waals surface area contributed by atoms with Crippen LogP contribution in [0.2, 0.25) is 0 Å². The van der Waals surface area contributed by atoms with E-state index in [9.17, 15) is 0 Å². The summed E-state index contributed by atoms with van der Waals surface area (Å²) in [7, 11) is 8.22. The first kappa shape index (κ1) is 24.7. The van der Waals surface area contributed by atoms with Crippen molar-refractivity contribution in [1.82, 2.24) is 10.6 Å². The molecule has 0 heterocycles. The standard InChI is InChI=1S/C21H29N3O4.HI/c1-22-21(23-10-9-15-7-6-8-17(11-15)25-2)24-14-16-12-18(26-3)20(28-5)19(13-16)27-4;/h6-8,11-13H,9-10,14H2,1-5H3,(H2,22,23,24);1H. The molecule has 2 aromatic rings. The summed E-state index contributed by atoms with van der Waals surface area (Å²) >= 11 is 0. The Morgan fingerprint density at radius 3 is 2.10 bits per heavy atom. The van der Waals surface area contributed by atoms with Gasteiger partial charge >= 0.3 is 0 Å². The molecule has 0 saturated carbocycles. The summed E-state index contributed by atoms with van der Waals surface area (Å²) in [5.74, 6) is 3.41. The van der Waals surface area contributed by atoms with Crippen LogP contribution in [0.3, 0.4) is 0 Å². The number of nitrogens with one attached hydrogen (secondary N) is 2. The first-order chi connectivity index (χ1) is 13.6. The predicted molar refractivity (Wildman–Crippen MR) is 126 cm³/mol. The summed E-state index contributed by atoms with van der Waals surface area (Å²) < 4.78 is 21.4. The van der Waals surface area contributed by atoms with E-state index in [-0.39, 0.29) is 24.0 Å². The lowest BCUT2D eigenvalue weighted by atomic mass is 10.1. The minimum atomic E-state index is 0. The van der Waals surface area contributed by atoms with E-state index in [1.54, 1.807) is 35.5 Å². The van der Waals surface area contributed by atoms with E-state index in [0.29, 0.717) is 23.8 Å². The second kappa shape index (κ2) is 13.0. The Balaban J connectivity index is 0.00000420. The van der Waals surface area contributed by atoms with Crippen molar-refractivity contribution in [1.29, 1.82) is 0 Å². The van der Waals surface area contributed by atoms with Crippen molar-refractivity contribution in [3.05, 3.63) is 47.5 Å². The third kappa shape index (κ3) is 7.19. The maximum absolute atomic E-state index is 5.40. The van der Waals surface area contributed by atoms with Gasteiger partial charge in [-0.2, -0.15) is 0 Å². The van der Waals surface area contributed by atoms with Crippen LogP contribution in [0.15, 0.2) is 41.4 Å². The lowest BCUT2D eigenvalue weighted by Gasteiger charge is -2.16. The third-order valence-electron chi connectivity index (χ3n) is 4.25. The van der Waals surface area contributed by atoms with Gasteiger partial charge in [0, 0.05) is 20.1 Å². The number of ether oxygens (including phenoxy) is 4. The minimum absolute atomic E-state index is 0. The number of guanidine groups is 1. The van der Waals surface area contributed by atoms with E-state index in [0.717, 1.165) is 30.2 Å². The smallest absolute Gasteiger partial charge is 0.203 e. The Labute approximate surface area is 189 Å². The van der Waals surface area contributed by atoms with Crippen LogP contribution < -0.4 is 29.6 Å². The van der Waals surface area contributed by atoms with Gasteiger partial charge in [0.25, 0.3) is 0 Å². The van der Waals surface area contributed by atoms with Gasteiger partial charge in [-0.1, -0.05) is 12.1 Å². The van der Waals surface area contributed by atoms with Gasteiger partial charge in [0.05, 0.1) is 28.4 Å². The number of benzene rings is 2. The van der Waals surface area contributed by atoms with Gasteiger partial charge < -0.3 is 29.6 Å². The van der Waals surface area contributed by atoms with E-state index >= 15 is 0 Å². The summed E-state index contributed by atoms with van der Waals surface area (Å²) in [4.78, 5) is 4.27. The molecule has 2 N–H and O–H groups in total. The zero-order valence-corrected chi connectivity index (χ0v) is 19.9. The highest BCUT2D eigenvalue weighted by Crippen LogP contribution is 2.38. The molecule has 2 rings (SSSR count). The molecule has 0 aliphatic rings. The van der Waals surface area contributed by atoms with Crippen LogP contribution in [0.5, 0.6) is 23.0 Å². The van der Waals surface area contributed by atoms with Crippen molar-refractivity contribution >= 4 is 29.9 Å².